The van der Waals surface area contributed by atoms with E-state index in [1.807, 2.05) is 25.1 Å². The van der Waals surface area contributed by atoms with E-state index in [0.29, 0.717) is 6.54 Å². The topological polar surface area (TPSA) is 57.4 Å². The molecule has 0 spiro atoms. The normalized spacial score (nSPS) is 10.6. The lowest BCUT2D eigenvalue weighted by Crippen LogP contribution is -2.01. The Balaban J connectivity index is 2.19. The minimum atomic E-state index is 0.666. The molecule has 108 valence electrons. The molecule has 5 heteroatoms. The van der Waals surface area contributed by atoms with E-state index in [4.69, 9.17) is 15.2 Å². The average molecular weight is 292 g/mol. The Bertz CT molecular complexity index is 581. The predicted octanol–water partition coefficient (Wildman–Crippen LogP) is 2.56. The zero-order chi connectivity index (χ0) is 14.5. The summed E-state index contributed by atoms with van der Waals surface area (Å²) in [5, 5.41) is 1.11. The zero-order valence-corrected chi connectivity index (χ0v) is 12.9. The monoisotopic (exact) mass is 292 g/mol. The van der Waals surface area contributed by atoms with Gasteiger partial charge in [-0.2, -0.15) is 0 Å². The molecule has 4 nitrogen and oxygen atoms in total. The molecular weight excluding hydrogens is 272 g/mol. The van der Waals surface area contributed by atoms with Crippen LogP contribution in [0.4, 0.5) is 0 Å². The first-order chi connectivity index (χ1) is 9.67. The summed E-state index contributed by atoms with van der Waals surface area (Å²) in [5.74, 6) is 1.50. The summed E-state index contributed by atoms with van der Waals surface area (Å²) in [6.07, 6.45) is 1.70. The predicted molar refractivity (Wildman–Crippen MR) is 82.0 cm³/mol. The highest BCUT2D eigenvalue weighted by Crippen LogP contribution is 2.29. The number of aryl methyl sites for hydroxylation is 1. The van der Waals surface area contributed by atoms with E-state index < -0.39 is 0 Å². The van der Waals surface area contributed by atoms with Crippen molar-refractivity contribution >= 4 is 11.3 Å². The summed E-state index contributed by atoms with van der Waals surface area (Å²) in [5.41, 5.74) is 7.87. The van der Waals surface area contributed by atoms with Crippen LogP contribution in [0.2, 0.25) is 0 Å². The molecule has 2 rings (SSSR count). The van der Waals surface area contributed by atoms with Gasteiger partial charge in [0.2, 0.25) is 0 Å². The molecule has 2 N–H and O–H groups in total. The second-order valence-corrected chi connectivity index (χ2v) is 5.69. The van der Waals surface area contributed by atoms with Crippen LogP contribution < -0.4 is 15.2 Å². The maximum Gasteiger partial charge on any atom is 0.160 e. The number of methoxy groups -OCH3 is 2. The van der Waals surface area contributed by atoms with E-state index in [9.17, 15) is 0 Å². The molecule has 0 saturated carbocycles. The number of nitrogens with two attached hydrogens (primary N) is 1. The third-order valence-corrected chi connectivity index (χ3v) is 4.33. The van der Waals surface area contributed by atoms with Gasteiger partial charge >= 0.3 is 0 Å². The van der Waals surface area contributed by atoms with Gasteiger partial charge < -0.3 is 15.2 Å². The lowest BCUT2D eigenvalue weighted by Gasteiger charge is -2.08. The number of ether oxygens (including phenoxy) is 2. The van der Waals surface area contributed by atoms with Gasteiger partial charge in [0.05, 0.1) is 24.9 Å². The molecule has 0 atom stereocenters. The number of aromatic nitrogens is 1. The number of benzene rings is 1. The highest BCUT2D eigenvalue weighted by molar-refractivity contribution is 7.11. The van der Waals surface area contributed by atoms with Crippen molar-refractivity contribution in [2.24, 2.45) is 5.73 Å². The summed E-state index contributed by atoms with van der Waals surface area (Å²) in [6, 6.07) is 5.97. The minimum absolute atomic E-state index is 0.666. The first-order valence-electron chi connectivity index (χ1n) is 6.54. The van der Waals surface area contributed by atoms with E-state index in [-0.39, 0.29) is 0 Å². The second-order valence-electron chi connectivity index (χ2n) is 4.52. The molecular formula is C15H20N2O2S. The van der Waals surface area contributed by atoms with Gasteiger partial charge in [-0.25, -0.2) is 4.98 Å². The fraction of sp³-hybridized carbons (Fsp3) is 0.400. The fourth-order valence-electron chi connectivity index (χ4n) is 2.09. The lowest BCUT2D eigenvalue weighted by molar-refractivity contribution is 0.354. The van der Waals surface area contributed by atoms with Crippen LogP contribution in [0.1, 0.15) is 21.1 Å². The summed E-state index contributed by atoms with van der Waals surface area (Å²) in [7, 11) is 3.29. The summed E-state index contributed by atoms with van der Waals surface area (Å²) >= 11 is 1.74. The van der Waals surface area contributed by atoms with Crippen LogP contribution in [0, 0.1) is 6.92 Å². The van der Waals surface area contributed by atoms with Gasteiger partial charge in [0, 0.05) is 11.3 Å². The Labute approximate surface area is 123 Å². The van der Waals surface area contributed by atoms with Crippen molar-refractivity contribution in [3.8, 4) is 11.5 Å². The van der Waals surface area contributed by atoms with Gasteiger partial charge in [0.15, 0.2) is 11.5 Å². The third kappa shape index (κ3) is 3.29. The molecule has 0 aliphatic heterocycles. The molecule has 1 heterocycles. The largest absolute Gasteiger partial charge is 0.493 e. The first kappa shape index (κ1) is 14.8. The van der Waals surface area contributed by atoms with E-state index in [1.54, 1.807) is 25.6 Å². The Morgan fingerprint density at radius 1 is 1.20 bits per heavy atom. The third-order valence-electron chi connectivity index (χ3n) is 3.11. The van der Waals surface area contributed by atoms with Crippen LogP contribution in [0.15, 0.2) is 18.2 Å². The van der Waals surface area contributed by atoms with Gasteiger partial charge in [0.25, 0.3) is 0 Å². The molecule has 0 saturated heterocycles. The van der Waals surface area contributed by atoms with Crippen LogP contribution in [0.3, 0.4) is 0 Å². The molecule has 0 unspecified atom stereocenters. The molecule has 0 fully saturated rings. The Morgan fingerprint density at radius 2 is 1.95 bits per heavy atom. The number of hydrogen-bond acceptors (Lipinski definition) is 5. The Morgan fingerprint density at radius 3 is 2.60 bits per heavy atom. The SMILES string of the molecule is COc1ccc(Cc2nc(C)c(CCN)s2)cc1OC. The van der Waals surface area contributed by atoms with Crippen LogP contribution in [-0.2, 0) is 12.8 Å². The first-order valence-corrected chi connectivity index (χ1v) is 7.35. The molecule has 0 radical (unpaired) electrons. The number of nitrogens with zero attached hydrogens (tertiary/aromatic N) is 1. The second kappa shape index (κ2) is 6.72. The summed E-state index contributed by atoms with van der Waals surface area (Å²) in [6.45, 7) is 2.71. The van der Waals surface area contributed by atoms with Crippen molar-refractivity contribution in [1.29, 1.82) is 0 Å². The quantitative estimate of drug-likeness (QED) is 0.889. The number of thiazole rings is 1. The fourth-order valence-corrected chi connectivity index (χ4v) is 3.21. The van der Waals surface area contributed by atoms with E-state index in [2.05, 4.69) is 4.98 Å². The average Bonchev–Trinajstić information content (AvgIpc) is 2.79. The minimum Gasteiger partial charge on any atom is -0.493 e. The summed E-state index contributed by atoms with van der Waals surface area (Å²) < 4.78 is 10.6. The smallest absolute Gasteiger partial charge is 0.160 e. The van der Waals surface area contributed by atoms with Crippen molar-refractivity contribution in [2.45, 2.75) is 19.8 Å². The standard InChI is InChI=1S/C15H20N2O2S/c1-10-14(6-7-16)20-15(17-10)9-11-4-5-12(18-2)13(8-11)19-3/h4-5,8H,6-7,9,16H2,1-3H3. The van der Waals surface area contributed by atoms with Gasteiger partial charge in [-0.3, -0.25) is 0 Å². The van der Waals surface area contributed by atoms with Crippen LogP contribution in [0.25, 0.3) is 0 Å². The van der Waals surface area contributed by atoms with Crippen molar-refractivity contribution < 1.29 is 9.47 Å². The molecule has 20 heavy (non-hydrogen) atoms. The highest BCUT2D eigenvalue weighted by atomic mass is 32.1. The van der Waals surface area contributed by atoms with Crippen molar-refractivity contribution in [3.63, 3.8) is 0 Å². The molecule has 0 aliphatic rings. The molecule has 2 aromatic rings. The molecule has 0 bridgehead atoms. The Kier molecular flexibility index (Phi) is 4.98. The van der Waals surface area contributed by atoms with Gasteiger partial charge in [-0.15, -0.1) is 11.3 Å². The van der Waals surface area contributed by atoms with Gasteiger partial charge in [-0.1, -0.05) is 6.07 Å². The number of hydrogen-bond donors (Lipinski definition) is 1. The highest BCUT2D eigenvalue weighted by Gasteiger charge is 2.10. The van der Waals surface area contributed by atoms with Crippen LogP contribution in [-0.4, -0.2) is 25.7 Å². The van der Waals surface area contributed by atoms with Crippen LogP contribution >= 0.6 is 11.3 Å². The van der Waals surface area contributed by atoms with Crippen molar-refractivity contribution in [3.05, 3.63) is 39.3 Å². The Hall–Kier alpha value is -1.59. The van der Waals surface area contributed by atoms with Gasteiger partial charge in [0.1, 0.15) is 0 Å². The molecule has 0 amide bonds. The maximum absolute atomic E-state index is 5.61. The molecule has 1 aromatic heterocycles. The van der Waals surface area contributed by atoms with E-state index in [0.717, 1.165) is 40.6 Å². The zero-order valence-electron chi connectivity index (χ0n) is 12.1. The molecule has 1 aromatic carbocycles. The molecule has 0 aliphatic carbocycles. The summed E-state index contributed by atoms with van der Waals surface area (Å²) in [4.78, 5) is 5.89. The van der Waals surface area contributed by atoms with E-state index in [1.165, 1.54) is 4.88 Å². The van der Waals surface area contributed by atoms with Gasteiger partial charge in [-0.05, 0) is 37.6 Å². The van der Waals surface area contributed by atoms with Crippen molar-refractivity contribution in [1.82, 2.24) is 4.98 Å². The van der Waals surface area contributed by atoms with E-state index >= 15 is 0 Å². The van der Waals surface area contributed by atoms with Crippen molar-refractivity contribution in [2.75, 3.05) is 20.8 Å². The van der Waals surface area contributed by atoms with Crippen LogP contribution in [0.5, 0.6) is 11.5 Å². The maximum atomic E-state index is 5.61. The lowest BCUT2D eigenvalue weighted by atomic mass is 10.1. The number of rotatable bonds is 6.